The van der Waals surface area contributed by atoms with Crippen molar-refractivity contribution in [2.45, 2.75) is 19.5 Å². The molecule has 0 spiro atoms. The Morgan fingerprint density at radius 3 is 2.38 bits per heavy atom. The third kappa shape index (κ3) is 4.71. The van der Waals surface area contributed by atoms with Crippen molar-refractivity contribution in [3.8, 4) is 0 Å². The molecule has 0 bridgehead atoms. The van der Waals surface area contributed by atoms with Gasteiger partial charge in [0, 0.05) is 24.3 Å². The van der Waals surface area contributed by atoms with Gasteiger partial charge in [0.05, 0.1) is 24.1 Å². The number of amides is 2. The number of carbonyl (C=O) groups is 2. The molecule has 0 aliphatic carbocycles. The Balaban J connectivity index is 1.25. The van der Waals surface area contributed by atoms with Gasteiger partial charge in [0.1, 0.15) is 5.76 Å². The molecule has 4 aromatic rings. The molecular formula is C28H25N3O3. The monoisotopic (exact) mass is 451 g/mol. The van der Waals surface area contributed by atoms with Crippen LogP contribution in [-0.4, -0.2) is 18.4 Å². The molecule has 0 atom stereocenters. The molecule has 0 unspecified atom stereocenters. The van der Waals surface area contributed by atoms with Crippen LogP contribution in [0.2, 0.25) is 0 Å². The van der Waals surface area contributed by atoms with Crippen LogP contribution >= 0.6 is 0 Å². The number of nitrogens with zero attached hydrogens (tertiary/aromatic N) is 1. The van der Waals surface area contributed by atoms with Gasteiger partial charge in [0.25, 0.3) is 11.8 Å². The van der Waals surface area contributed by atoms with Crippen molar-refractivity contribution in [2.24, 2.45) is 0 Å². The second-order valence-electron chi connectivity index (χ2n) is 8.25. The van der Waals surface area contributed by atoms with Gasteiger partial charge < -0.3 is 20.0 Å². The highest BCUT2D eigenvalue weighted by atomic mass is 16.3. The minimum absolute atomic E-state index is 0.262. The number of para-hydroxylation sites is 1. The Labute approximate surface area is 198 Å². The minimum Gasteiger partial charge on any atom is -0.467 e. The maximum Gasteiger partial charge on any atom is 0.255 e. The number of anilines is 2. The van der Waals surface area contributed by atoms with Crippen molar-refractivity contribution in [1.29, 1.82) is 0 Å². The van der Waals surface area contributed by atoms with E-state index in [2.05, 4.69) is 39.8 Å². The van der Waals surface area contributed by atoms with E-state index in [0.717, 1.165) is 25.2 Å². The summed E-state index contributed by atoms with van der Waals surface area (Å²) in [6, 6.07) is 26.6. The summed E-state index contributed by atoms with van der Waals surface area (Å²) in [5, 5.41) is 5.69. The number of hydrogen-bond donors (Lipinski definition) is 2. The van der Waals surface area contributed by atoms with Crippen LogP contribution in [0.4, 0.5) is 11.4 Å². The summed E-state index contributed by atoms with van der Waals surface area (Å²) in [4.78, 5) is 27.9. The van der Waals surface area contributed by atoms with Crippen LogP contribution in [-0.2, 0) is 19.5 Å². The summed E-state index contributed by atoms with van der Waals surface area (Å²) in [5.41, 5.74) is 5.22. The first-order valence-corrected chi connectivity index (χ1v) is 11.3. The molecule has 6 heteroatoms. The van der Waals surface area contributed by atoms with Crippen molar-refractivity contribution in [1.82, 2.24) is 5.32 Å². The summed E-state index contributed by atoms with van der Waals surface area (Å²) >= 11 is 0. The van der Waals surface area contributed by atoms with E-state index in [4.69, 9.17) is 4.42 Å². The molecule has 3 aromatic carbocycles. The van der Waals surface area contributed by atoms with E-state index in [1.165, 1.54) is 11.1 Å². The quantitative estimate of drug-likeness (QED) is 0.431. The molecule has 1 aliphatic rings. The highest BCUT2D eigenvalue weighted by molar-refractivity contribution is 6.09. The third-order valence-electron chi connectivity index (χ3n) is 6.05. The van der Waals surface area contributed by atoms with Gasteiger partial charge in [-0.2, -0.15) is 0 Å². The lowest BCUT2D eigenvalue weighted by Gasteiger charge is -2.30. The predicted octanol–water partition coefficient (Wildman–Crippen LogP) is 5.02. The zero-order valence-corrected chi connectivity index (χ0v) is 18.7. The predicted molar refractivity (Wildman–Crippen MR) is 132 cm³/mol. The van der Waals surface area contributed by atoms with Crippen molar-refractivity contribution in [3.63, 3.8) is 0 Å². The molecule has 0 fully saturated rings. The number of carbonyl (C=O) groups excluding carboxylic acids is 2. The maximum absolute atomic E-state index is 12.9. The highest BCUT2D eigenvalue weighted by Crippen LogP contribution is 2.25. The minimum atomic E-state index is -0.284. The van der Waals surface area contributed by atoms with E-state index in [1.807, 2.05) is 24.3 Å². The molecule has 0 saturated carbocycles. The molecule has 170 valence electrons. The van der Waals surface area contributed by atoms with E-state index >= 15 is 0 Å². The third-order valence-corrected chi connectivity index (χ3v) is 6.05. The van der Waals surface area contributed by atoms with Gasteiger partial charge >= 0.3 is 0 Å². The van der Waals surface area contributed by atoms with Crippen LogP contribution in [0.1, 0.15) is 37.6 Å². The topological polar surface area (TPSA) is 74.6 Å². The van der Waals surface area contributed by atoms with E-state index in [0.29, 0.717) is 22.6 Å². The standard InChI is InChI=1S/C28H25N3O3/c32-27(30-26-10-4-3-9-25(26)28(33)29-18-24-8-5-17-34-24)21-11-13-23(14-12-21)31-16-15-20-6-1-2-7-22(20)19-31/h1-14,17H,15-16,18-19H2,(H,29,33)(H,30,32). The Morgan fingerprint density at radius 1 is 0.824 bits per heavy atom. The van der Waals surface area contributed by atoms with E-state index in [1.54, 1.807) is 42.7 Å². The first-order valence-electron chi connectivity index (χ1n) is 11.3. The fourth-order valence-electron chi connectivity index (χ4n) is 4.20. The van der Waals surface area contributed by atoms with Gasteiger partial charge in [-0.1, -0.05) is 36.4 Å². The summed E-state index contributed by atoms with van der Waals surface area (Å²) < 4.78 is 5.26. The zero-order chi connectivity index (χ0) is 23.3. The molecule has 2 N–H and O–H groups in total. The Bertz CT molecular complexity index is 1300. The van der Waals surface area contributed by atoms with Gasteiger partial charge in [-0.3, -0.25) is 9.59 Å². The molecular weight excluding hydrogens is 426 g/mol. The number of rotatable bonds is 6. The maximum atomic E-state index is 12.9. The molecule has 34 heavy (non-hydrogen) atoms. The average Bonchev–Trinajstić information content (AvgIpc) is 3.41. The van der Waals surface area contributed by atoms with Gasteiger partial charge in [0.2, 0.25) is 0 Å². The summed E-state index contributed by atoms with van der Waals surface area (Å²) in [6.45, 7) is 2.09. The van der Waals surface area contributed by atoms with Crippen LogP contribution in [0.3, 0.4) is 0 Å². The normalized spacial score (nSPS) is 12.6. The molecule has 1 aliphatic heterocycles. The molecule has 6 nitrogen and oxygen atoms in total. The fourth-order valence-corrected chi connectivity index (χ4v) is 4.20. The SMILES string of the molecule is O=C(Nc1ccccc1C(=O)NCc1ccco1)c1ccc(N2CCc3ccccc3C2)cc1. The number of fused-ring (bicyclic) bond motifs is 1. The van der Waals surface area contributed by atoms with Crippen molar-refractivity contribution in [2.75, 3.05) is 16.8 Å². The molecule has 0 radical (unpaired) electrons. The van der Waals surface area contributed by atoms with Crippen LogP contribution in [0, 0.1) is 0 Å². The number of hydrogen-bond acceptors (Lipinski definition) is 4. The van der Waals surface area contributed by atoms with Gasteiger partial charge in [-0.15, -0.1) is 0 Å². The number of furan rings is 1. The average molecular weight is 452 g/mol. The smallest absolute Gasteiger partial charge is 0.255 e. The summed E-state index contributed by atoms with van der Waals surface area (Å²) in [7, 11) is 0. The Kier molecular flexibility index (Phi) is 6.12. The van der Waals surface area contributed by atoms with Crippen LogP contribution in [0.15, 0.2) is 95.6 Å². The van der Waals surface area contributed by atoms with Gasteiger partial charge in [-0.25, -0.2) is 0 Å². The first-order chi connectivity index (χ1) is 16.7. The molecule has 2 amide bonds. The van der Waals surface area contributed by atoms with E-state index < -0.39 is 0 Å². The summed E-state index contributed by atoms with van der Waals surface area (Å²) in [5.74, 6) is 0.113. The first kappa shape index (κ1) is 21.5. The molecule has 0 saturated heterocycles. The molecule has 5 rings (SSSR count). The lowest BCUT2D eigenvalue weighted by Crippen LogP contribution is -2.30. The second kappa shape index (κ2) is 9.67. The number of benzene rings is 3. The van der Waals surface area contributed by atoms with Crippen molar-refractivity contribution >= 4 is 23.2 Å². The number of nitrogens with one attached hydrogen (secondary N) is 2. The zero-order valence-electron chi connectivity index (χ0n) is 18.7. The lowest BCUT2D eigenvalue weighted by atomic mass is 9.99. The largest absolute Gasteiger partial charge is 0.467 e. The summed E-state index contributed by atoms with van der Waals surface area (Å²) in [6.07, 6.45) is 2.57. The highest BCUT2D eigenvalue weighted by Gasteiger charge is 2.17. The molecule has 1 aromatic heterocycles. The van der Waals surface area contributed by atoms with Crippen LogP contribution in [0.25, 0.3) is 0 Å². The van der Waals surface area contributed by atoms with Gasteiger partial charge in [-0.05, 0) is 66.1 Å². The lowest BCUT2D eigenvalue weighted by molar-refractivity contribution is 0.0949. The van der Waals surface area contributed by atoms with Gasteiger partial charge in [0.15, 0.2) is 0 Å². The van der Waals surface area contributed by atoms with Crippen LogP contribution in [0.5, 0.6) is 0 Å². The van der Waals surface area contributed by atoms with E-state index in [-0.39, 0.29) is 18.4 Å². The fraction of sp³-hybridized carbons (Fsp3) is 0.143. The van der Waals surface area contributed by atoms with Crippen molar-refractivity contribution in [3.05, 3.63) is 119 Å². The van der Waals surface area contributed by atoms with Crippen molar-refractivity contribution < 1.29 is 14.0 Å². The molecule has 2 heterocycles. The Morgan fingerprint density at radius 2 is 1.59 bits per heavy atom. The van der Waals surface area contributed by atoms with E-state index in [9.17, 15) is 9.59 Å². The van der Waals surface area contributed by atoms with Crippen LogP contribution < -0.4 is 15.5 Å². The second-order valence-corrected chi connectivity index (χ2v) is 8.25. The Hall–Kier alpha value is -4.32.